The lowest BCUT2D eigenvalue weighted by Gasteiger charge is -2.36. The molecule has 1 aliphatic carbocycles. The van der Waals surface area contributed by atoms with E-state index in [0.29, 0.717) is 6.54 Å². The maximum absolute atomic E-state index is 13.8. The molecule has 0 radical (unpaired) electrons. The van der Waals surface area contributed by atoms with Gasteiger partial charge in [0.05, 0.1) is 5.41 Å². The van der Waals surface area contributed by atoms with E-state index >= 15 is 0 Å². The van der Waals surface area contributed by atoms with E-state index in [4.69, 9.17) is 0 Å². The van der Waals surface area contributed by atoms with Gasteiger partial charge in [-0.2, -0.15) is 0 Å². The average Bonchev–Trinajstić information content (AvgIpc) is 3.14. The van der Waals surface area contributed by atoms with Crippen LogP contribution in [0.1, 0.15) is 54.4 Å². The van der Waals surface area contributed by atoms with Crippen molar-refractivity contribution in [2.75, 3.05) is 0 Å². The zero-order valence-corrected chi connectivity index (χ0v) is 16.2. The standard InChI is InChI=1S/C22H25FN2O.ClH/c23-20-6-4-5-19(12-20)22(9-2-1-3-10-22)21(26)25-13-16-7-8-17-14-24-15-18(17)11-16;/h4-8,11-12,24H,1-3,9-10,13-15H2,(H,25,26);1H. The van der Waals surface area contributed by atoms with Crippen molar-refractivity contribution in [3.8, 4) is 0 Å². The number of carbonyl (C=O) groups excluding carboxylic acids is 1. The van der Waals surface area contributed by atoms with Gasteiger partial charge in [-0.05, 0) is 47.2 Å². The van der Waals surface area contributed by atoms with E-state index in [-0.39, 0.29) is 24.1 Å². The second kappa shape index (κ2) is 8.41. The number of fused-ring (bicyclic) bond motifs is 1. The molecule has 2 N–H and O–H groups in total. The number of halogens is 2. The summed E-state index contributed by atoms with van der Waals surface area (Å²) in [5.41, 5.74) is 3.98. The van der Waals surface area contributed by atoms with Gasteiger partial charge in [0.2, 0.25) is 5.91 Å². The highest BCUT2D eigenvalue weighted by Crippen LogP contribution is 2.40. The summed E-state index contributed by atoms with van der Waals surface area (Å²) in [6, 6.07) is 13.0. The molecule has 2 aromatic rings. The molecule has 1 fully saturated rings. The maximum atomic E-state index is 13.8. The van der Waals surface area contributed by atoms with Gasteiger partial charge in [-0.25, -0.2) is 4.39 Å². The Labute approximate surface area is 166 Å². The SMILES string of the molecule is Cl.O=C(NCc1ccc2c(c1)CNC2)C1(c2cccc(F)c2)CCCCC1. The summed E-state index contributed by atoms with van der Waals surface area (Å²) in [6.07, 6.45) is 4.73. The van der Waals surface area contributed by atoms with Gasteiger partial charge in [0, 0.05) is 19.6 Å². The summed E-state index contributed by atoms with van der Waals surface area (Å²) in [7, 11) is 0. The molecule has 2 aromatic carbocycles. The summed E-state index contributed by atoms with van der Waals surface area (Å²) in [5.74, 6) is -0.243. The van der Waals surface area contributed by atoms with Gasteiger partial charge in [0.25, 0.3) is 0 Å². The van der Waals surface area contributed by atoms with Crippen LogP contribution < -0.4 is 10.6 Å². The van der Waals surface area contributed by atoms with Crippen molar-refractivity contribution in [2.45, 2.75) is 57.2 Å². The summed E-state index contributed by atoms with van der Waals surface area (Å²) < 4.78 is 13.8. The maximum Gasteiger partial charge on any atom is 0.230 e. The van der Waals surface area contributed by atoms with Crippen LogP contribution in [0.4, 0.5) is 4.39 Å². The summed E-state index contributed by atoms with van der Waals surface area (Å²) in [6.45, 7) is 2.33. The molecule has 1 amide bonds. The van der Waals surface area contributed by atoms with Crippen LogP contribution in [-0.2, 0) is 29.8 Å². The minimum absolute atomic E-state index is 0. The minimum atomic E-state index is -0.599. The van der Waals surface area contributed by atoms with E-state index in [1.807, 2.05) is 6.07 Å². The predicted octanol–water partition coefficient (Wildman–Crippen LogP) is 4.37. The van der Waals surface area contributed by atoms with Crippen LogP contribution in [0.2, 0.25) is 0 Å². The molecule has 0 saturated heterocycles. The highest BCUT2D eigenvalue weighted by Gasteiger charge is 2.41. The Balaban J connectivity index is 0.00000210. The second-order valence-electron chi connectivity index (χ2n) is 7.54. The quantitative estimate of drug-likeness (QED) is 0.816. The smallest absolute Gasteiger partial charge is 0.230 e. The molecule has 0 bridgehead atoms. The first kappa shape index (κ1) is 19.8. The van der Waals surface area contributed by atoms with E-state index < -0.39 is 5.41 Å². The van der Waals surface area contributed by atoms with Crippen molar-refractivity contribution in [3.63, 3.8) is 0 Å². The molecule has 0 unspecified atom stereocenters. The molecule has 1 heterocycles. The second-order valence-corrected chi connectivity index (χ2v) is 7.54. The molecule has 5 heteroatoms. The van der Waals surface area contributed by atoms with Crippen LogP contribution >= 0.6 is 12.4 Å². The first-order chi connectivity index (χ1) is 12.7. The number of benzene rings is 2. The van der Waals surface area contributed by atoms with E-state index in [0.717, 1.165) is 56.3 Å². The first-order valence-electron chi connectivity index (χ1n) is 9.53. The Bertz CT molecular complexity index is 818. The zero-order valence-electron chi connectivity index (χ0n) is 15.4. The van der Waals surface area contributed by atoms with Crippen LogP contribution in [0, 0.1) is 5.82 Å². The number of carbonyl (C=O) groups is 1. The van der Waals surface area contributed by atoms with Gasteiger partial charge >= 0.3 is 0 Å². The first-order valence-corrected chi connectivity index (χ1v) is 9.53. The van der Waals surface area contributed by atoms with Crippen molar-refractivity contribution in [3.05, 3.63) is 70.5 Å². The van der Waals surface area contributed by atoms with E-state index in [9.17, 15) is 9.18 Å². The largest absolute Gasteiger partial charge is 0.351 e. The normalized spacial score (nSPS) is 17.7. The third-order valence-corrected chi connectivity index (χ3v) is 5.87. The van der Waals surface area contributed by atoms with Gasteiger partial charge in [0.1, 0.15) is 5.82 Å². The summed E-state index contributed by atoms with van der Waals surface area (Å²) in [4.78, 5) is 13.2. The highest BCUT2D eigenvalue weighted by molar-refractivity contribution is 5.88. The third kappa shape index (κ3) is 4.02. The monoisotopic (exact) mass is 388 g/mol. The molecule has 27 heavy (non-hydrogen) atoms. The lowest BCUT2D eigenvalue weighted by molar-refractivity contribution is -0.128. The van der Waals surface area contributed by atoms with Crippen LogP contribution in [0.25, 0.3) is 0 Å². The summed E-state index contributed by atoms with van der Waals surface area (Å²) in [5, 5.41) is 6.48. The topological polar surface area (TPSA) is 41.1 Å². The Morgan fingerprint density at radius 3 is 2.59 bits per heavy atom. The fourth-order valence-corrected chi connectivity index (χ4v) is 4.40. The fraction of sp³-hybridized carbons (Fsp3) is 0.409. The van der Waals surface area contributed by atoms with Crippen LogP contribution in [0.3, 0.4) is 0 Å². The van der Waals surface area contributed by atoms with Gasteiger partial charge in [-0.15, -0.1) is 12.4 Å². The molecule has 0 spiro atoms. The van der Waals surface area contributed by atoms with Crippen molar-refractivity contribution < 1.29 is 9.18 Å². The van der Waals surface area contributed by atoms with E-state index in [2.05, 4.69) is 28.8 Å². The van der Waals surface area contributed by atoms with Gasteiger partial charge in [-0.1, -0.05) is 49.6 Å². The van der Waals surface area contributed by atoms with Crippen LogP contribution in [0.15, 0.2) is 42.5 Å². The van der Waals surface area contributed by atoms with Gasteiger partial charge in [0.15, 0.2) is 0 Å². The fourth-order valence-electron chi connectivity index (χ4n) is 4.40. The molecule has 0 aromatic heterocycles. The molecular formula is C22H26ClFN2O. The van der Waals surface area contributed by atoms with Crippen LogP contribution in [0.5, 0.6) is 0 Å². The van der Waals surface area contributed by atoms with Gasteiger partial charge in [-0.3, -0.25) is 4.79 Å². The van der Waals surface area contributed by atoms with Crippen molar-refractivity contribution >= 4 is 18.3 Å². The Hall–Kier alpha value is -1.91. The summed E-state index contributed by atoms with van der Waals surface area (Å²) >= 11 is 0. The number of amides is 1. The molecule has 4 rings (SSSR count). The Morgan fingerprint density at radius 2 is 1.81 bits per heavy atom. The number of rotatable bonds is 4. The van der Waals surface area contributed by atoms with Crippen molar-refractivity contribution in [1.29, 1.82) is 0 Å². The lowest BCUT2D eigenvalue weighted by Crippen LogP contribution is -2.45. The Kier molecular flexibility index (Phi) is 6.18. The molecule has 1 aliphatic heterocycles. The van der Waals surface area contributed by atoms with E-state index in [1.54, 1.807) is 6.07 Å². The molecule has 3 nitrogen and oxygen atoms in total. The molecule has 144 valence electrons. The van der Waals surface area contributed by atoms with E-state index in [1.165, 1.54) is 23.3 Å². The van der Waals surface area contributed by atoms with Gasteiger partial charge < -0.3 is 10.6 Å². The highest BCUT2D eigenvalue weighted by atomic mass is 35.5. The zero-order chi connectivity index (χ0) is 18.0. The number of nitrogens with one attached hydrogen (secondary N) is 2. The minimum Gasteiger partial charge on any atom is -0.351 e. The number of hydrogen-bond donors (Lipinski definition) is 2. The third-order valence-electron chi connectivity index (χ3n) is 5.87. The van der Waals surface area contributed by atoms with Crippen molar-refractivity contribution in [2.24, 2.45) is 0 Å². The lowest BCUT2D eigenvalue weighted by atomic mass is 9.68. The van der Waals surface area contributed by atoms with Crippen molar-refractivity contribution in [1.82, 2.24) is 10.6 Å². The van der Waals surface area contributed by atoms with Crippen LogP contribution in [-0.4, -0.2) is 5.91 Å². The molecule has 2 aliphatic rings. The average molecular weight is 389 g/mol. The molecule has 0 atom stereocenters. The number of hydrogen-bond acceptors (Lipinski definition) is 2. The molecular weight excluding hydrogens is 363 g/mol. The molecule has 1 saturated carbocycles. The Morgan fingerprint density at radius 1 is 1.04 bits per heavy atom. The predicted molar refractivity (Wildman–Crippen MR) is 107 cm³/mol.